The van der Waals surface area contributed by atoms with Gasteiger partial charge in [0.15, 0.2) is 5.82 Å². The van der Waals surface area contributed by atoms with Gasteiger partial charge >= 0.3 is 6.03 Å². The lowest BCUT2D eigenvalue weighted by Crippen LogP contribution is -2.24. The summed E-state index contributed by atoms with van der Waals surface area (Å²) in [4.78, 5) is 13.5. The number of para-hydroxylation sites is 1. The lowest BCUT2D eigenvalue weighted by atomic mass is 10.3. The van der Waals surface area contributed by atoms with E-state index >= 15 is 0 Å². The maximum atomic E-state index is 11.3. The average molecular weight is 257 g/mol. The first kappa shape index (κ1) is 11.6. The second-order valence-corrected chi connectivity index (χ2v) is 4.30. The van der Waals surface area contributed by atoms with Crippen LogP contribution in [0.1, 0.15) is 0 Å². The molecule has 1 aliphatic heterocycles. The Morgan fingerprint density at radius 3 is 2.79 bits per heavy atom. The zero-order valence-corrected chi connectivity index (χ0v) is 10.6. The highest BCUT2D eigenvalue weighted by Gasteiger charge is 2.23. The topological polar surface area (TPSA) is 62.2 Å². The van der Waals surface area contributed by atoms with Crippen LogP contribution in [0, 0.1) is 0 Å². The quantitative estimate of drug-likeness (QED) is 0.862. The Labute approximate surface area is 111 Å². The van der Waals surface area contributed by atoms with Crippen molar-refractivity contribution in [3.63, 3.8) is 0 Å². The molecule has 0 fully saturated rings. The van der Waals surface area contributed by atoms with E-state index in [-0.39, 0.29) is 6.03 Å². The highest BCUT2D eigenvalue weighted by molar-refractivity contribution is 5.88. The van der Waals surface area contributed by atoms with Crippen LogP contribution in [0.2, 0.25) is 0 Å². The van der Waals surface area contributed by atoms with E-state index in [0.29, 0.717) is 5.82 Å². The van der Waals surface area contributed by atoms with Crippen LogP contribution in [0.5, 0.6) is 0 Å². The number of aromatic nitrogens is 2. The Kier molecular flexibility index (Phi) is 2.83. The summed E-state index contributed by atoms with van der Waals surface area (Å²) >= 11 is 0. The highest BCUT2D eigenvalue weighted by Crippen LogP contribution is 2.31. The number of hydrogen-bond donors (Lipinski definition) is 2. The van der Waals surface area contributed by atoms with E-state index in [1.54, 1.807) is 7.05 Å². The zero-order chi connectivity index (χ0) is 13.2. The van der Waals surface area contributed by atoms with Crippen molar-refractivity contribution in [3.05, 3.63) is 36.4 Å². The minimum atomic E-state index is -0.261. The summed E-state index contributed by atoms with van der Waals surface area (Å²) in [6.45, 7) is 1.71. The molecule has 2 heterocycles. The van der Waals surface area contributed by atoms with Gasteiger partial charge in [0.25, 0.3) is 0 Å². The van der Waals surface area contributed by atoms with Crippen LogP contribution in [0.3, 0.4) is 0 Å². The number of nitrogens with one attached hydrogen (secondary N) is 2. The Morgan fingerprint density at radius 2 is 2.05 bits per heavy atom. The molecule has 0 atom stereocenters. The molecular formula is C13H15N5O. The van der Waals surface area contributed by atoms with Crippen molar-refractivity contribution in [2.45, 2.75) is 6.54 Å². The zero-order valence-electron chi connectivity index (χ0n) is 10.6. The van der Waals surface area contributed by atoms with Crippen LogP contribution in [-0.2, 0) is 6.54 Å². The predicted molar refractivity (Wildman–Crippen MR) is 73.8 cm³/mol. The number of benzene rings is 1. The van der Waals surface area contributed by atoms with Gasteiger partial charge in [-0.25, -0.2) is 9.48 Å². The molecule has 6 heteroatoms. The monoisotopic (exact) mass is 257 g/mol. The minimum absolute atomic E-state index is 0.261. The van der Waals surface area contributed by atoms with E-state index in [4.69, 9.17) is 0 Å². The number of anilines is 3. The molecule has 2 aromatic rings. The molecule has 2 amide bonds. The largest absolute Gasteiger partial charge is 0.341 e. The maximum absolute atomic E-state index is 11.3. The molecule has 98 valence electrons. The Morgan fingerprint density at radius 1 is 1.26 bits per heavy atom. The summed E-state index contributed by atoms with van der Waals surface area (Å²) in [5.41, 5.74) is 1.13. The third-order valence-corrected chi connectivity index (χ3v) is 3.11. The predicted octanol–water partition coefficient (Wildman–Crippen LogP) is 1.79. The molecule has 1 aliphatic rings. The van der Waals surface area contributed by atoms with E-state index in [9.17, 15) is 4.79 Å². The number of carbonyl (C=O) groups excluding carboxylic acids is 1. The summed E-state index contributed by atoms with van der Waals surface area (Å²) in [5.74, 6) is 1.56. The first-order valence-corrected chi connectivity index (χ1v) is 6.17. The van der Waals surface area contributed by atoms with Crippen LogP contribution in [0.15, 0.2) is 36.4 Å². The molecule has 6 nitrogen and oxygen atoms in total. The second kappa shape index (κ2) is 4.64. The van der Waals surface area contributed by atoms with Crippen LogP contribution in [0.4, 0.5) is 22.1 Å². The summed E-state index contributed by atoms with van der Waals surface area (Å²) < 4.78 is 1.90. The molecule has 19 heavy (non-hydrogen) atoms. The lowest BCUT2D eigenvalue weighted by molar-refractivity contribution is 0.254. The number of fused-ring (bicyclic) bond motifs is 1. The summed E-state index contributed by atoms with van der Waals surface area (Å²) in [7, 11) is 1.58. The number of amides is 2. The molecule has 2 N–H and O–H groups in total. The standard InChI is InChI=1S/C13H15N5O/c1-14-13(19)15-11-9-12-17(7-8-18(12)16-11)10-5-3-2-4-6-10/h2-6,9H,7-8H2,1H3,(H2,14,15,16,19). The van der Waals surface area contributed by atoms with Crippen molar-refractivity contribution in [2.75, 3.05) is 23.8 Å². The number of carbonyl (C=O) groups is 1. The Hall–Kier alpha value is -2.50. The molecule has 3 rings (SSSR count). The van der Waals surface area contributed by atoms with E-state index in [1.165, 1.54) is 0 Å². The molecule has 0 aliphatic carbocycles. The van der Waals surface area contributed by atoms with Gasteiger partial charge < -0.3 is 10.2 Å². The molecule has 0 unspecified atom stereocenters. The van der Waals surface area contributed by atoms with Crippen molar-refractivity contribution in [1.29, 1.82) is 0 Å². The first-order valence-electron chi connectivity index (χ1n) is 6.17. The number of hydrogen-bond acceptors (Lipinski definition) is 3. The van der Waals surface area contributed by atoms with E-state index in [0.717, 1.165) is 24.6 Å². The molecule has 0 saturated carbocycles. The summed E-state index contributed by atoms with van der Waals surface area (Å²) in [6.07, 6.45) is 0. The van der Waals surface area contributed by atoms with E-state index in [2.05, 4.69) is 32.8 Å². The third-order valence-electron chi connectivity index (χ3n) is 3.11. The number of nitrogens with zero attached hydrogens (tertiary/aromatic N) is 3. The molecule has 0 radical (unpaired) electrons. The lowest BCUT2D eigenvalue weighted by Gasteiger charge is -2.16. The number of urea groups is 1. The van der Waals surface area contributed by atoms with Crippen LogP contribution < -0.4 is 15.5 Å². The fraction of sp³-hybridized carbons (Fsp3) is 0.231. The SMILES string of the molecule is CNC(=O)Nc1cc2n(n1)CCN2c1ccccc1. The fourth-order valence-electron chi connectivity index (χ4n) is 2.21. The van der Waals surface area contributed by atoms with Gasteiger partial charge in [0, 0.05) is 25.3 Å². The van der Waals surface area contributed by atoms with Crippen molar-refractivity contribution in [2.24, 2.45) is 0 Å². The van der Waals surface area contributed by atoms with Gasteiger partial charge in [-0.1, -0.05) is 18.2 Å². The van der Waals surface area contributed by atoms with Gasteiger partial charge in [0.05, 0.1) is 6.54 Å². The van der Waals surface area contributed by atoms with Crippen molar-refractivity contribution >= 4 is 23.4 Å². The van der Waals surface area contributed by atoms with E-state index in [1.807, 2.05) is 28.9 Å². The van der Waals surface area contributed by atoms with Gasteiger partial charge in [-0.2, -0.15) is 5.10 Å². The molecular weight excluding hydrogens is 242 g/mol. The highest BCUT2D eigenvalue weighted by atomic mass is 16.2. The van der Waals surface area contributed by atoms with Gasteiger partial charge in [0.2, 0.25) is 0 Å². The maximum Gasteiger partial charge on any atom is 0.320 e. The van der Waals surface area contributed by atoms with Gasteiger partial charge in [-0.05, 0) is 12.1 Å². The van der Waals surface area contributed by atoms with Crippen LogP contribution in [-0.4, -0.2) is 29.4 Å². The van der Waals surface area contributed by atoms with Crippen molar-refractivity contribution in [1.82, 2.24) is 15.1 Å². The average Bonchev–Trinajstić information content (AvgIpc) is 2.99. The fourth-order valence-corrected chi connectivity index (χ4v) is 2.21. The third kappa shape index (κ3) is 2.12. The normalized spacial score (nSPS) is 13.2. The van der Waals surface area contributed by atoms with Crippen molar-refractivity contribution < 1.29 is 4.79 Å². The molecule has 1 aromatic carbocycles. The first-order chi connectivity index (χ1) is 9.28. The van der Waals surface area contributed by atoms with Gasteiger partial charge in [0.1, 0.15) is 5.82 Å². The Bertz CT molecular complexity index is 592. The molecule has 1 aromatic heterocycles. The van der Waals surface area contributed by atoms with Crippen molar-refractivity contribution in [3.8, 4) is 0 Å². The van der Waals surface area contributed by atoms with Gasteiger partial charge in [-0.15, -0.1) is 0 Å². The van der Waals surface area contributed by atoms with Gasteiger partial charge in [-0.3, -0.25) is 5.32 Å². The molecule has 0 spiro atoms. The minimum Gasteiger partial charge on any atom is -0.341 e. The summed E-state index contributed by atoms with van der Waals surface area (Å²) in [5, 5.41) is 9.55. The number of rotatable bonds is 2. The van der Waals surface area contributed by atoms with E-state index < -0.39 is 0 Å². The van der Waals surface area contributed by atoms with Crippen LogP contribution in [0.25, 0.3) is 0 Å². The smallest absolute Gasteiger partial charge is 0.320 e. The second-order valence-electron chi connectivity index (χ2n) is 4.30. The molecule has 0 bridgehead atoms. The summed E-state index contributed by atoms with van der Waals surface area (Å²) in [6, 6.07) is 11.8. The Balaban J connectivity index is 1.86. The van der Waals surface area contributed by atoms with Crippen LogP contribution >= 0.6 is 0 Å². The molecule has 0 saturated heterocycles.